The highest BCUT2D eigenvalue weighted by Gasteiger charge is 2.30. The predicted molar refractivity (Wildman–Crippen MR) is 91.7 cm³/mol. The lowest BCUT2D eigenvalue weighted by atomic mass is 9.97. The second kappa shape index (κ2) is 8.45. The summed E-state index contributed by atoms with van der Waals surface area (Å²) in [6, 6.07) is 0. The molecule has 1 aromatic heterocycles. The molecule has 2 heterocycles. The smallest absolute Gasteiger partial charge is 0.236 e. The van der Waals surface area contributed by atoms with E-state index in [1.807, 2.05) is 0 Å². The fourth-order valence-corrected chi connectivity index (χ4v) is 3.17. The van der Waals surface area contributed by atoms with Crippen molar-refractivity contribution >= 4 is 11.8 Å². The normalized spacial score (nSPS) is 20.5. The maximum absolute atomic E-state index is 12.5. The predicted octanol–water partition coefficient (Wildman–Crippen LogP) is 1.72. The van der Waals surface area contributed by atoms with Crippen LogP contribution in [0.1, 0.15) is 57.2 Å². The SMILES string of the molecule is CCCCc1noc(CC(=O)N2CCC[C@@H](C(=O)NCC3CC3)C2)n1. The number of nitrogens with zero attached hydrogens (tertiary/aromatic N) is 3. The van der Waals surface area contributed by atoms with Crippen molar-refractivity contribution in [1.29, 1.82) is 0 Å². The van der Waals surface area contributed by atoms with Crippen molar-refractivity contribution in [2.45, 2.75) is 58.3 Å². The van der Waals surface area contributed by atoms with Crippen molar-refractivity contribution in [3.63, 3.8) is 0 Å². The standard InChI is InChI=1S/C18H28N4O3/c1-2-3-6-15-20-16(25-21-15)10-17(23)22-9-4-5-14(12-22)18(24)19-11-13-7-8-13/h13-14H,2-12H2,1H3,(H,19,24)/t14-/m1/s1. The summed E-state index contributed by atoms with van der Waals surface area (Å²) in [6.07, 6.45) is 7.13. The Morgan fingerprint density at radius 2 is 2.16 bits per heavy atom. The molecule has 1 atom stereocenters. The van der Waals surface area contributed by atoms with Crippen LogP contribution in [0.25, 0.3) is 0 Å². The van der Waals surface area contributed by atoms with Gasteiger partial charge in [-0.3, -0.25) is 9.59 Å². The minimum absolute atomic E-state index is 0.0367. The zero-order chi connectivity index (χ0) is 17.6. The summed E-state index contributed by atoms with van der Waals surface area (Å²) in [4.78, 5) is 30.8. The quantitative estimate of drug-likeness (QED) is 0.773. The summed E-state index contributed by atoms with van der Waals surface area (Å²) in [7, 11) is 0. The Bertz CT molecular complexity index is 597. The maximum atomic E-state index is 12.5. The first kappa shape index (κ1) is 17.9. The highest BCUT2D eigenvalue weighted by atomic mass is 16.5. The second-order valence-corrected chi connectivity index (χ2v) is 7.25. The van der Waals surface area contributed by atoms with E-state index in [2.05, 4.69) is 22.4 Å². The molecule has 1 N–H and O–H groups in total. The Morgan fingerprint density at radius 1 is 1.32 bits per heavy atom. The molecule has 7 nitrogen and oxygen atoms in total. The minimum Gasteiger partial charge on any atom is -0.356 e. The maximum Gasteiger partial charge on any atom is 0.236 e. The molecule has 2 amide bonds. The summed E-state index contributed by atoms with van der Waals surface area (Å²) >= 11 is 0. The summed E-state index contributed by atoms with van der Waals surface area (Å²) < 4.78 is 5.18. The highest BCUT2D eigenvalue weighted by Crippen LogP contribution is 2.28. The van der Waals surface area contributed by atoms with Gasteiger partial charge in [-0.2, -0.15) is 4.98 Å². The van der Waals surface area contributed by atoms with Crippen LogP contribution < -0.4 is 5.32 Å². The molecule has 25 heavy (non-hydrogen) atoms. The van der Waals surface area contributed by atoms with E-state index >= 15 is 0 Å². The average molecular weight is 348 g/mol. The molecule has 1 saturated heterocycles. The van der Waals surface area contributed by atoms with Crippen LogP contribution in [-0.2, 0) is 22.4 Å². The first-order valence-corrected chi connectivity index (χ1v) is 9.52. The van der Waals surface area contributed by atoms with Gasteiger partial charge in [-0.05, 0) is 38.0 Å². The van der Waals surface area contributed by atoms with E-state index in [0.717, 1.165) is 38.6 Å². The average Bonchev–Trinajstić information content (AvgIpc) is 3.36. The van der Waals surface area contributed by atoms with Gasteiger partial charge in [-0.1, -0.05) is 18.5 Å². The fraction of sp³-hybridized carbons (Fsp3) is 0.778. The van der Waals surface area contributed by atoms with Crippen molar-refractivity contribution in [3.8, 4) is 0 Å². The number of hydrogen-bond donors (Lipinski definition) is 1. The summed E-state index contributed by atoms with van der Waals surface area (Å²) in [5, 5.41) is 6.95. The van der Waals surface area contributed by atoms with Crippen LogP contribution in [0.2, 0.25) is 0 Å². The van der Waals surface area contributed by atoms with Crippen molar-refractivity contribution < 1.29 is 14.1 Å². The molecule has 2 aliphatic rings. The van der Waals surface area contributed by atoms with Crippen LogP contribution in [0.15, 0.2) is 4.52 Å². The lowest BCUT2D eigenvalue weighted by Crippen LogP contribution is -2.46. The molecule has 0 bridgehead atoms. The molecule has 1 aromatic rings. The molecule has 1 aliphatic heterocycles. The van der Waals surface area contributed by atoms with Crippen LogP contribution in [0.5, 0.6) is 0 Å². The number of piperidine rings is 1. The van der Waals surface area contributed by atoms with Crippen LogP contribution >= 0.6 is 0 Å². The van der Waals surface area contributed by atoms with E-state index in [1.54, 1.807) is 4.90 Å². The van der Waals surface area contributed by atoms with Crippen molar-refractivity contribution in [2.75, 3.05) is 19.6 Å². The van der Waals surface area contributed by atoms with Crippen molar-refractivity contribution in [2.24, 2.45) is 11.8 Å². The van der Waals surface area contributed by atoms with E-state index in [4.69, 9.17) is 4.52 Å². The second-order valence-electron chi connectivity index (χ2n) is 7.25. The van der Waals surface area contributed by atoms with Gasteiger partial charge in [0.15, 0.2) is 5.82 Å². The molecule has 1 saturated carbocycles. The van der Waals surface area contributed by atoms with Crippen molar-refractivity contribution in [1.82, 2.24) is 20.4 Å². The molecule has 3 rings (SSSR count). The molecule has 1 aliphatic carbocycles. The van der Waals surface area contributed by atoms with Crippen LogP contribution in [0.3, 0.4) is 0 Å². The zero-order valence-electron chi connectivity index (χ0n) is 15.0. The molecule has 2 fully saturated rings. The Hall–Kier alpha value is -1.92. The molecular weight excluding hydrogens is 320 g/mol. The largest absolute Gasteiger partial charge is 0.356 e. The topological polar surface area (TPSA) is 88.3 Å². The summed E-state index contributed by atoms with van der Waals surface area (Å²) in [6.45, 7) is 4.08. The number of likely N-dealkylation sites (tertiary alicyclic amines) is 1. The van der Waals surface area contributed by atoms with Crippen LogP contribution in [-0.4, -0.2) is 46.5 Å². The first-order chi connectivity index (χ1) is 12.2. The molecule has 0 unspecified atom stereocenters. The van der Waals surface area contributed by atoms with E-state index < -0.39 is 0 Å². The Labute approximate surface area is 148 Å². The van der Waals surface area contributed by atoms with Gasteiger partial charge >= 0.3 is 0 Å². The number of amides is 2. The Morgan fingerprint density at radius 3 is 2.92 bits per heavy atom. The van der Waals surface area contributed by atoms with Gasteiger partial charge in [0.05, 0.1) is 5.92 Å². The number of carbonyl (C=O) groups excluding carboxylic acids is 2. The number of aromatic nitrogens is 2. The number of aryl methyl sites for hydroxylation is 1. The first-order valence-electron chi connectivity index (χ1n) is 9.52. The van der Waals surface area contributed by atoms with Gasteiger partial charge in [0.25, 0.3) is 0 Å². The molecule has 0 spiro atoms. The van der Waals surface area contributed by atoms with E-state index in [1.165, 1.54) is 12.8 Å². The van der Waals surface area contributed by atoms with Crippen LogP contribution in [0.4, 0.5) is 0 Å². The molecule has 138 valence electrons. The Kier molecular flexibility index (Phi) is 6.04. The lowest BCUT2D eigenvalue weighted by molar-refractivity contribution is -0.135. The van der Waals surface area contributed by atoms with E-state index in [9.17, 15) is 9.59 Å². The highest BCUT2D eigenvalue weighted by molar-refractivity contribution is 5.82. The number of rotatable bonds is 8. The van der Waals surface area contributed by atoms with Gasteiger partial charge in [-0.25, -0.2) is 0 Å². The van der Waals surface area contributed by atoms with E-state index in [-0.39, 0.29) is 24.2 Å². The number of hydrogen-bond acceptors (Lipinski definition) is 5. The molecule has 0 aromatic carbocycles. The summed E-state index contributed by atoms with van der Waals surface area (Å²) in [5.74, 6) is 1.66. The van der Waals surface area contributed by atoms with Crippen molar-refractivity contribution in [3.05, 3.63) is 11.7 Å². The van der Waals surface area contributed by atoms with E-state index in [0.29, 0.717) is 30.7 Å². The number of nitrogens with one attached hydrogen (secondary N) is 1. The van der Waals surface area contributed by atoms with Gasteiger partial charge < -0.3 is 14.7 Å². The number of unbranched alkanes of at least 4 members (excludes halogenated alkanes) is 1. The van der Waals surface area contributed by atoms with Gasteiger partial charge in [0.1, 0.15) is 6.42 Å². The monoisotopic (exact) mass is 348 g/mol. The lowest BCUT2D eigenvalue weighted by Gasteiger charge is -2.31. The van der Waals surface area contributed by atoms with Gasteiger partial charge in [0, 0.05) is 26.1 Å². The summed E-state index contributed by atoms with van der Waals surface area (Å²) in [5.41, 5.74) is 0. The molecule has 7 heteroatoms. The fourth-order valence-electron chi connectivity index (χ4n) is 3.17. The third-order valence-electron chi connectivity index (χ3n) is 4.97. The zero-order valence-corrected chi connectivity index (χ0v) is 15.0. The third-order valence-corrected chi connectivity index (χ3v) is 4.97. The number of carbonyl (C=O) groups is 2. The molecule has 0 radical (unpaired) electrons. The Balaban J connectivity index is 1.47. The molecular formula is C18H28N4O3. The van der Waals surface area contributed by atoms with Crippen LogP contribution in [0, 0.1) is 11.8 Å². The van der Waals surface area contributed by atoms with Gasteiger partial charge in [0.2, 0.25) is 17.7 Å². The van der Waals surface area contributed by atoms with Gasteiger partial charge in [-0.15, -0.1) is 0 Å². The minimum atomic E-state index is -0.0979. The third kappa shape index (κ3) is 5.28.